The van der Waals surface area contributed by atoms with Crippen LogP contribution in [0.4, 0.5) is 5.69 Å². The van der Waals surface area contributed by atoms with Crippen LogP contribution >= 0.6 is 11.6 Å². The first-order valence-electron chi connectivity index (χ1n) is 6.31. The van der Waals surface area contributed by atoms with Gasteiger partial charge in [-0.1, -0.05) is 25.4 Å². The van der Waals surface area contributed by atoms with Crippen LogP contribution in [0, 0.1) is 5.92 Å². The first-order valence-corrected chi connectivity index (χ1v) is 6.69. The van der Waals surface area contributed by atoms with E-state index in [4.69, 9.17) is 16.3 Å². The summed E-state index contributed by atoms with van der Waals surface area (Å²) in [7, 11) is 1.64. The molecule has 0 radical (unpaired) electrons. The average Bonchev–Trinajstić information content (AvgIpc) is 2.34. The molecule has 1 aromatic rings. The molecule has 0 spiro atoms. The lowest BCUT2D eigenvalue weighted by molar-refractivity contribution is 0.0344. The van der Waals surface area contributed by atoms with Gasteiger partial charge in [-0.2, -0.15) is 5.10 Å². The van der Waals surface area contributed by atoms with Gasteiger partial charge < -0.3 is 10.1 Å². The normalized spacial score (nSPS) is 11.9. The van der Waals surface area contributed by atoms with Gasteiger partial charge in [-0.15, -0.1) is 0 Å². The largest absolute Gasteiger partial charge is 0.379 e. The molecule has 0 aliphatic carbocycles. The molecule has 0 aliphatic heterocycles. The fourth-order valence-electron chi connectivity index (χ4n) is 1.44. The summed E-state index contributed by atoms with van der Waals surface area (Å²) in [5, 5.41) is 7.38. The second kappa shape index (κ2) is 6.39. The number of aromatic nitrogens is 2. The third kappa shape index (κ3) is 4.51. The summed E-state index contributed by atoms with van der Waals surface area (Å²) >= 11 is 6.08. The van der Waals surface area contributed by atoms with Crippen LogP contribution in [0.25, 0.3) is 0 Å². The van der Waals surface area contributed by atoms with E-state index in [9.17, 15) is 4.79 Å². The van der Waals surface area contributed by atoms with Crippen molar-refractivity contribution in [2.75, 3.05) is 19.0 Å². The standard InChI is InChI=1S/C13H22ClN3O2/c1-9(2)7-17-12(18)11(14)10(6-16-17)15-8-13(3,4)19-5/h6,9,15H,7-8H2,1-5H3. The van der Waals surface area contributed by atoms with Crippen molar-refractivity contribution in [2.45, 2.75) is 39.8 Å². The van der Waals surface area contributed by atoms with Gasteiger partial charge in [0.15, 0.2) is 0 Å². The van der Waals surface area contributed by atoms with Gasteiger partial charge in [-0.3, -0.25) is 4.79 Å². The molecule has 0 saturated carbocycles. The fourth-order valence-corrected chi connectivity index (χ4v) is 1.66. The molecule has 0 bridgehead atoms. The van der Waals surface area contributed by atoms with Crippen molar-refractivity contribution in [3.05, 3.63) is 21.6 Å². The Kier molecular flexibility index (Phi) is 5.38. The van der Waals surface area contributed by atoms with Crippen LogP contribution in [0.1, 0.15) is 27.7 Å². The van der Waals surface area contributed by atoms with Gasteiger partial charge in [0.1, 0.15) is 5.02 Å². The second-order valence-electron chi connectivity index (χ2n) is 5.57. The van der Waals surface area contributed by atoms with Crippen LogP contribution in [-0.2, 0) is 11.3 Å². The summed E-state index contributed by atoms with van der Waals surface area (Å²) < 4.78 is 6.69. The highest BCUT2D eigenvalue weighted by molar-refractivity contribution is 6.32. The van der Waals surface area contributed by atoms with Gasteiger partial charge in [0, 0.05) is 20.2 Å². The van der Waals surface area contributed by atoms with Crippen LogP contribution in [0.5, 0.6) is 0 Å². The molecule has 108 valence electrons. The SMILES string of the molecule is COC(C)(C)CNc1cnn(CC(C)C)c(=O)c1Cl. The second-order valence-corrected chi connectivity index (χ2v) is 5.95. The van der Waals surface area contributed by atoms with Crippen LogP contribution in [0.15, 0.2) is 11.0 Å². The number of hydrogen-bond acceptors (Lipinski definition) is 4. The Bertz CT molecular complexity index is 483. The maximum Gasteiger partial charge on any atom is 0.287 e. The van der Waals surface area contributed by atoms with Crippen molar-refractivity contribution in [2.24, 2.45) is 5.92 Å². The molecule has 19 heavy (non-hydrogen) atoms. The van der Waals surface area contributed by atoms with Crippen molar-refractivity contribution in [1.29, 1.82) is 0 Å². The van der Waals surface area contributed by atoms with E-state index in [1.807, 2.05) is 27.7 Å². The number of nitrogens with zero attached hydrogens (tertiary/aromatic N) is 2. The molecule has 0 saturated heterocycles. The number of halogens is 1. The summed E-state index contributed by atoms with van der Waals surface area (Å²) in [4.78, 5) is 12.0. The van der Waals surface area contributed by atoms with Crippen molar-refractivity contribution in [1.82, 2.24) is 9.78 Å². The molecule has 6 heteroatoms. The van der Waals surface area contributed by atoms with E-state index in [0.717, 1.165) is 0 Å². The highest BCUT2D eigenvalue weighted by atomic mass is 35.5. The maximum atomic E-state index is 12.0. The molecular formula is C13H22ClN3O2. The number of nitrogens with one attached hydrogen (secondary N) is 1. The first kappa shape index (κ1) is 16.0. The zero-order chi connectivity index (χ0) is 14.6. The lowest BCUT2D eigenvalue weighted by atomic mass is 10.1. The van der Waals surface area contributed by atoms with Gasteiger partial charge in [0.2, 0.25) is 0 Å². The number of rotatable bonds is 6. The van der Waals surface area contributed by atoms with Gasteiger partial charge in [0.05, 0.1) is 17.5 Å². The Morgan fingerprint density at radius 2 is 2.16 bits per heavy atom. The fraction of sp³-hybridized carbons (Fsp3) is 0.692. The number of anilines is 1. The molecule has 0 fully saturated rings. The summed E-state index contributed by atoms with van der Waals surface area (Å²) in [5.74, 6) is 0.340. The van der Waals surface area contributed by atoms with E-state index >= 15 is 0 Å². The molecule has 1 aromatic heterocycles. The Labute approximate surface area is 118 Å². The van der Waals surface area contributed by atoms with Crippen molar-refractivity contribution >= 4 is 17.3 Å². The van der Waals surface area contributed by atoms with Crippen molar-refractivity contribution < 1.29 is 4.74 Å². The Balaban J connectivity index is 2.88. The lowest BCUT2D eigenvalue weighted by Gasteiger charge is -2.24. The van der Waals surface area contributed by atoms with Crippen LogP contribution in [-0.4, -0.2) is 29.0 Å². The van der Waals surface area contributed by atoms with E-state index in [1.54, 1.807) is 13.3 Å². The number of hydrogen-bond donors (Lipinski definition) is 1. The monoisotopic (exact) mass is 287 g/mol. The van der Waals surface area contributed by atoms with Crippen LogP contribution in [0.3, 0.4) is 0 Å². The van der Waals surface area contributed by atoms with Crippen molar-refractivity contribution in [3.8, 4) is 0 Å². The molecule has 0 atom stereocenters. The lowest BCUT2D eigenvalue weighted by Crippen LogP contribution is -2.33. The smallest absolute Gasteiger partial charge is 0.287 e. The number of methoxy groups -OCH3 is 1. The van der Waals surface area contributed by atoms with E-state index in [2.05, 4.69) is 10.4 Å². The topological polar surface area (TPSA) is 56.1 Å². The van der Waals surface area contributed by atoms with Crippen LogP contribution in [0.2, 0.25) is 5.02 Å². The average molecular weight is 288 g/mol. The predicted octanol–water partition coefficient (Wildman–Crippen LogP) is 2.39. The molecular weight excluding hydrogens is 266 g/mol. The summed E-state index contributed by atoms with van der Waals surface area (Å²) in [6.07, 6.45) is 1.58. The molecule has 1 N–H and O–H groups in total. The van der Waals surface area contributed by atoms with E-state index in [1.165, 1.54) is 4.68 Å². The summed E-state index contributed by atoms with van der Waals surface area (Å²) in [5.41, 5.74) is -0.0665. The van der Waals surface area contributed by atoms with E-state index < -0.39 is 0 Å². The Morgan fingerprint density at radius 1 is 1.53 bits per heavy atom. The highest BCUT2D eigenvalue weighted by Crippen LogP contribution is 2.17. The van der Waals surface area contributed by atoms with E-state index in [-0.39, 0.29) is 16.2 Å². The molecule has 0 unspecified atom stereocenters. The van der Waals surface area contributed by atoms with Gasteiger partial charge in [-0.25, -0.2) is 4.68 Å². The molecule has 0 aromatic carbocycles. The minimum atomic E-state index is -0.337. The minimum Gasteiger partial charge on any atom is -0.379 e. The highest BCUT2D eigenvalue weighted by Gasteiger charge is 2.17. The van der Waals surface area contributed by atoms with Crippen LogP contribution < -0.4 is 10.9 Å². The Morgan fingerprint density at radius 3 is 2.68 bits per heavy atom. The first-order chi connectivity index (χ1) is 8.76. The third-order valence-corrected chi connectivity index (χ3v) is 3.15. The summed E-state index contributed by atoms with van der Waals surface area (Å²) in [6, 6.07) is 0. The maximum absolute atomic E-state index is 12.0. The van der Waals surface area contributed by atoms with Crippen molar-refractivity contribution in [3.63, 3.8) is 0 Å². The van der Waals surface area contributed by atoms with Gasteiger partial charge >= 0.3 is 0 Å². The minimum absolute atomic E-state index is 0.169. The third-order valence-electron chi connectivity index (χ3n) is 2.78. The zero-order valence-corrected chi connectivity index (χ0v) is 12.9. The summed E-state index contributed by atoms with van der Waals surface area (Å²) in [6.45, 7) is 9.04. The van der Waals surface area contributed by atoms with E-state index in [0.29, 0.717) is 24.7 Å². The molecule has 0 aliphatic rings. The molecule has 5 nitrogen and oxygen atoms in total. The quantitative estimate of drug-likeness (QED) is 0.873. The van der Waals surface area contributed by atoms with Gasteiger partial charge in [0.25, 0.3) is 5.56 Å². The molecule has 1 rings (SSSR count). The van der Waals surface area contributed by atoms with Gasteiger partial charge in [-0.05, 0) is 19.8 Å². The zero-order valence-electron chi connectivity index (χ0n) is 12.2. The molecule has 1 heterocycles. The Hall–Kier alpha value is -1.07. The predicted molar refractivity (Wildman–Crippen MR) is 77.9 cm³/mol. The number of ether oxygens (including phenoxy) is 1. The molecule has 0 amide bonds.